The third kappa shape index (κ3) is 1.88. The molecule has 0 N–H and O–H groups in total. The molecule has 0 saturated heterocycles. The summed E-state index contributed by atoms with van der Waals surface area (Å²) in [6.45, 7) is 1.47. The molecule has 0 aliphatic carbocycles. The van der Waals surface area contributed by atoms with Crippen LogP contribution in [0.1, 0.15) is 6.92 Å². The molecule has 0 amide bonds. The molecule has 1 heterocycles. The Morgan fingerprint density at radius 3 is 2.92 bits per heavy atom. The number of hydrogen-bond donors (Lipinski definition) is 0. The van der Waals surface area contributed by atoms with Crippen molar-refractivity contribution >= 4 is 11.6 Å². The van der Waals surface area contributed by atoms with Crippen molar-refractivity contribution in [3.05, 3.63) is 22.4 Å². The van der Waals surface area contributed by atoms with Crippen LogP contribution in [0, 0.1) is 10.1 Å². The van der Waals surface area contributed by atoms with Gasteiger partial charge >= 0.3 is 5.82 Å². The maximum Gasteiger partial charge on any atom is 0.389 e. The molecule has 1 aromatic rings. The van der Waals surface area contributed by atoms with Crippen LogP contribution < -0.4 is 0 Å². The average Bonchev–Trinajstić information content (AvgIpc) is 2.34. The number of nitro groups is 1. The molecule has 64 valence electrons. The molecule has 0 spiro atoms. The van der Waals surface area contributed by atoms with E-state index < -0.39 is 4.92 Å². The van der Waals surface area contributed by atoms with Crippen LogP contribution in [0.3, 0.4) is 0 Å². The highest BCUT2D eigenvalue weighted by Crippen LogP contribution is 2.04. The van der Waals surface area contributed by atoms with E-state index in [0.29, 0.717) is 0 Å². The van der Waals surface area contributed by atoms with E-state index in [-0.39, 0.29) is 18.1 Å². The second kappa shape index (κ2) is 3.12. The molecule has 0 saturated carbocycles. The van der Waals surface area contributed by atoms with Crippen molar-refractivity contribution < 1.29 is 9.72 Å². The van der Waals surface area contributed by atoms with Crippen molar-refractivity contribution in [1.82, 2.24) is 9.78 Å². The fraction of sp³-hybridized carbons (Fsp3) is 0.333. The molecule has 6 heteroatoms. The predicted molar refractivity (Wildman–Crippen MR) is 39.6 cm³/mol. The van der Waals surface area contributed by atoms with Gasteiger partial charge in [-0.15, -0.1) is 0 Å². The van der Waals surface area contributed by atoms with E-state index in [0.717, 1.165) is 0 Å². The fourth-order valence-corrected chi connectivity index (χ4v) is 0.765. The van der Waals surface area contributed by atoms with Crippen LogP contribution in [0.25, 0.3) is 0 Å². The number of Topliss-reactive ketones (excluding diaryl/α,β-unsaturated/α-hetero) is 1. The topological polar surface area (TPSA) is 78.0 Å². The minimum Gasteiger partial charge on any atom is -0.358 e. The Labute approximate surface area is 67.9 Å². The summed E-state index contributed by atoms with van der Waals surface area (Å²) in [5.74, 6) is -0.329. The summed E-state index contributed by atoms with van der Waals surface area (Å²) in [5, 5.41) is 13.7. The molecular formula is C6H7N3O3. The van der Waals surface area contributed by atoms with Crippen LogP contribution in [-0.2, 0) is 11.3 Å². The van der Waals surface area contributed by atoms with E-state index >= 15 is 0 Å². The highest BCUT2D eigenvalue weighted by atomic mass is 16.6. The number of nitrogens with zero attached hydrogens (tertiary/aromatic N) is 3. The van der Waals surface area contributed by atoms with Crippen molar-refractivity contribution in [3.8, 4) is 0 Å². The van der Waals surface area contributed by atoms with Crippen molar-refractivity contribution in [2.45, 2.75) is 13.5 Å². The molecule has 12 heavy (non-hydrogen) atoms. The maximum atomic E-state index is 10.6. The summed E-state index contributed by atoms with van der Waals surface area (Å²) < 4.78 is 1.24. The van der Waals surface area contributed by atoms with Gasteiger partial charge in [0.15, 0.2) is 5.78 Å². The summed E-state index contributed by atoms with van der Waals surface area (Å²) in [4.78, 5) is 20.1. The highest BCUT2D eigenvalue weighted by molar-refractivity contribution is 5.75. The normalized spacial score (nSPS) is 9.75. The van der Waals surface area contributed by atoms with Crippen LogP contribution in [-0.4, -0.2) is 20.5 Å². The Kier molecular flexibility index (Phi) is 2.18. The van der Waals surface area contributed by atoms with Crippen molar-refractivity contribution in [2.24, 2.45) is 0 Å². The molecule has 0 aromatic carbocycles. The Balaban J connectivity index is 2.77. The molecule has 1 aromatic heterocycles. The van der Waals surface area contributed by atoms with Crippen LogP contribution in [0.2, 0.25) is 0 Å². The predicted octanol–water partition coefficient (Wildman–Crippen LogP) is 0.380. The van der Waals surface area contributed by atoms with E-state index in [1.54, 1.807) is 0 Å². The van der Waals surface area contributed by atoms with Gasteiger partial charge in [-0.3, -0.25) is 4.79 Å². The van der Waals surface area contributed by atoms with Gasteiger partial charge in [0.05, 0.1) is 17.4 Å². The number of ketones is 1. The first-order chi connectivity index (χ1) is 5.59. The first-order valence-corrected chi connectivity index (χ1v) is 3.27. The zero-order chi connectivity index (χ0) is 9.14. The Morgan fingerprint density at radius 2 is 2.50 bits per heavy atom. The van der Waals surface area contributed by atoms with Crippen LogP contribution in [0.5, 0.6) is 0 Å². The lowest BCUT2D eigenvalue weighted by molar-refractivity contribution is -0.389. The molecule has 0 aliphatic rings. The van der Waals surface area contributed by atoms with Crippen LogP contribution >= 0.6 is 0 Å². The summed E-state index contributed by atoms with van der Waals surface area (Å²) in [6, 6.07) is 1.25. The largest absolute Gasteiger partial charge is 0.389 e. The Bertz CT molecular complexity index is 318. The molecule has 1 rings (SSSR count). The van der Waals surface area contributed by atoms with Gasteiger partial charge in [0.1, 0.15) is 6.54 Å². The zero-order valence-electron chi connectivity index (χ0n) is 6.43. The van der Waals surface area contributed by atoms with Gasteiger partial charge in [0, 0.05) is 0 Å². The molecule has 0 atom stereocenters. The SMILES string of the molecule is CC(=O)Cn1ccc([N+](=O)[O-])n1. The van der Waals surface area contributed by atoms with Crippen LogP contribution in [0.4, 0.5) is 5.82 Å². The molecule has 0 bridgehead atoms. The second-order valence-corrected chi connectivity index (χ2v) is 2.33. The lowest BCUT2D eigenvalue weighted by Gasteiger charge is -1.88. The van der Waals surface area contributed by atoms with Gasteiger partial charge in [0.2, 0.25) is 0 Å². The summed E-state index contributed by atoms with van der Waals surface area (Å²) in [7, 11) is 0. The van der Waals surface area contributed by atoms with E-state index in [1.165, 1.54) is 23.9 Å². The molecule has 0 aliphatic heterocycles. The van der Waals surface area contributed by atoms with E-state index in [2.05, 4.69) is 5.10 Å². The van der Waals surface area contributed by atoms with Gasteiger partial charge in [-0.05, 0) is 11.8 Å². The van der Waals surface area contributed by atoms with Gasteiger partial charge in [-0.25, -0.2) is 0 Å². The summed E-state index contributed by atoms with van der Waals surface area (Å²) >= 11 is 0. The quantitative estimate of drug-likeness (QED) is 0.484. The molecular weight excluding hydrogens is 162 g/mol. The van der Waals surface area contributed by atoms with E-state index in [1.807, 2.05) is 0 Å². The summed E-state index contributed by atoms with van der Waals surface area (Å²) in [5.41, 5.74) is 0. The van der Waals surface area contributed by atoms with Crippen LogP contribution in [0.15, 0.2) is 12.3 Å². The average molecular weight is 169 g/mol. The molecule has 0 unspecified atom stereocenters. The summed E-state index contributed by atoms with van der Waals surface area (Å²) in [6.07, 6.45) is 1.40. The minimum absolute atomic E-state index is 0.0772. The third-order valence-electron chi connectivity index (χ3n) is 1.20. The first-order valence-electron chi connectivity index (χ1n) is 3.27. The Hall–Kier alpha value is -1.72. The standard InChI is InChI=1S/C6H7N3O3/c1-5(10)4-8-3-2-6(7-8)9(11)12/h2-3H,4H2,1H3. The van der Waals surface area contributed by atoms with Gasteiger partial charge < -0.3 is 10.1 Å². The lowest BCUT2D eigenvalue weighted by Crippen LogP contribution is -2.06. The number of carbonyl (C=O) groups is 1. The first kappa shape index (κ1) is 8.38. The smallest absolute Gasteiger partial charge is 0.358 e. The van der Waals surface area contributed by atoms with E-state index in [4.69, 9.17) is 0 Å². The third-order valence-corrected chi connectivity index (χ3v) is 1.20. The zero-order valence-corrected chi connectivity index (χ0v) is 6.43. The van der Waals surface area contributed by atoms with Crippen molar-refractivity contribution in [3.63, 3.8) is 0 Å². The van der Waals surface area contributed by atoms with E-state index in [9.17, 15) is 14.9 Å². The molecule has 0 radical (unpaired) electrons. The Morgan fingerprint density at radius 1 is 1.83 bits per heavy atom. The highest BCUT2D eigenvalue weighted by Gasteiger charge is 2.10. The lowest BCUT2D eigenvalue weighted by atomic mass is 10.4. The fourth-order valence-electron chi connectivity index (χ4n) is 0.765. The number of hydrogen-bond acceptors (Lipinski definition) is 4. The van der Waals surface area contributed by atoms with Gasteiger partial charge in [-0.1, -0.05) is 0 Å². The minimum atomic E-state index is -0.601. The maximum absolute atomic E-state index is 10.6. The van der Waals surface area contributed by atoms with Crippen molar-refractivity contribution in [2.75, 3.05) is 0 Å². The van der Waals surface area contributed by atoms with Gasteiger partial charge in [-0.2, -0.15) is 4.68 Å². The van der Waals surface area contributed by atoms with Crippen molar-refractivity contribution in [1.29, 1.82) is 0 Å². The molecule has 0 fully saturated rings. The van der Waals surface area contributed by atoms with Gasteiger partial charge in [0.25, 0.3) is 0 Å². The monoisotopic (exact) mass is 169 g/mol. The number of aromatic nitrogens is 2. The number of carbonyl (C=O) groups excluding carboxylic acids is 1. The number of rotatable bonds is 3. The second-order valence-electron chi connectivity index (χ2n) is 2.33. The molecule has 6 nitrogen and oxygen atoms in total.